The van der Waals surface area contributed by atoms with Crippen molar-refractivity contribution in [2.75, 3.05) is 19.7 Å². The molecule has 1 heterocycles. The van der Waals surface area contributed by atoms with Gasteiger partial charge in [-0.1, -0.05) is 36.4 Å². The number of hydrogen-bond acceptors (Lipinski definition) is 2. The molecule has 1 aliphatic heterocycles. The topological polar surface area (TPSA) is 21.3 Å². The zero-order valence-electron chi connectivity index (χ0n) is 9.00. The molecule has 0 unspecified atom stereocenters. The Morgan fingerprint density at radius 3 is 3.06 bits per heavy atom. The fourth-order valence-corrected chi connectivity index (χ4v) is 1.72. The predicted octanol–water partition coefficient (Wildman–Crippen LogP) is 2.80. The van der Waals surface area contributed by atoms with Gasteiger partial charge in [0, 0.05) is 23.7 Å². The minimum Gasteiger partial charge on any atom is -0.489 e. The molecule has 2 nitrogen and oxygen atoms in total. The Labute approximate surface area is 101 Å². The van der Waals surface area contributed by atoms with E-state index < -0.39 is 0 Å². The van der Waals surface area contributed by atoms with Crippen molar-refractivity contribution >= 4 is 17.7 Å². The zero-order chi connectivity index (χ0) is 11.4. The molecular weight excluding hydrogens is 222 g/mol. The first kappa shape index (κ1) is 11.2. The monoisotopic (exact) mass is 235 g/mol. The summed E-state index contributed by atoms with van der Waals surface area (Å²) in [6.07, 6.45) is 2.16. The van der Waals surface area contributed by atoms with E-state index in [1.54, 1.807) is 0 Å². The van der Waals surface area contributed by atoms with Crippen LogP contribution in [0, 0.1) is 0 Å². The third kappa shape index (κ3) is 2.87. The molecule has 0 saturated carbocycles. The van der Waals surface area contributed by atoms with E-state index in [1.165, 1.54) is 5.57 Å². The van der Waals surface area contributed by atoms with E-state index in [0.717, 1.165) is 17.9 Å². The lowest BCUT2D eigenvalue weighted by Crippen LogP contribution is -2.22. The minimum atomic E-state index is 0.623. The predicted molar refractivity (Wildman–Crippen MR) is 67.8 cm³/mol. The van der Waals surface area contributed by atoms with E-state index in [2.05, 4.69) is 24.0 Å². The van der Waals surface area contributed by atoms with Crippen LogP contribution in [0.3, 0.4) is 0 Å². The zero-order valence-corrected chi connectivity index (χ0v) is 9.76. The number of rotatable bonds is 4. The Morgan fingerprint density at radius 2 is 2.25 bits per heavy atom. The summed E-state index contributed by atoms with van der Waals surface area (Å²) in [6.45, 7) is 5.67. The highest BCUT2D eigenvalue weighted by Crippen LogP contribution is 2.25. The summed E-state index contributed by atoms with van der Waals surface area (Å²) in [7, 11) is 0. The lowest BCUT2D eigenvalue weighted by Gasteiger charge is -2.18. The Balaban J connectivity index is 1.98. The Hall–Kier alpha value is -1.25. The first-order chi connectivity index (χ1) is 7.75. The summed E-state index contributed by atoms with van der Waals surface area (Å²) in [4.78, 5) is 0. The molecule has 0 spiro atoms. The molecule has 0 bridgehead atoms. The van der Waals surface area contributed by atoms with Crippen LogP contribution in [-0.4, -0.2) is 19.7 Å². The van der Waals surface area contributed by atoms with Crippen LogP contribution in [0.5, 0.6) is 5.75 Å². The Bertz CT molecular complexity index is 426. The van der Waals surface area contributed by atoms with Crippen molar-refractivity contribution in [3.8, 4) is 5.75 Å². The van der Waals surface area contributed by atoms with Gasteiger partial charge < -0.3 is 10.1 Å². The third-order valence-corrected chi connectivity index (χ3v) is 2.49. The molecule has 0 aromatic heterocycles. The second-order valence-electron chi connectivity index (χ2n) is 3.75. The number of hydrogen-bond donors (Lipinski definition) is 1. The molecule has 1 aromatic carbocycles. The van der Waals surface area contributed by atoms with Gasteiger partial charge in [-0.05, 0) is 17.7 Å². The molecule has 16 heavy (non-hydrogen) atoms. The number of nitrogens with one attached hydrogen (secondary N) is 1. The quantitative estimate of drug-likeness (QED) is 0.867. The van der Waals surface area contributed by atoms with Gasteiger partial charge in [-0.25, -0.2) is 0 Å². The van der Waals surface area contributed by atoms with Gasteiger partial charge in [0.15, 0.2) is 0 Å². The first-order valence-corrected chi connectivity index (χ1v) is 5.59. The maximum Gasteiger partial charge on any atom is 0.127 e. The van der Waals surface area contributed by atoms with Gasteiger partial charge in [-0.3, -0.25) is 0 Å². The van der Waals surface area contributed by atoms with E-state index in [1.807, 2.05) is 18.2 Å². The van der Waals surface area contributed by atoms with Crippen molar-refractivity contribution < 1.29 is 4.74 Å². The average molecular weight is 236 g/mol. The third-order valence-electron chi connectivity index (χ3n) is 2.36. The number of ether oxygens (including phenoxy) is 1. The molecule has 0 amide bonds. The first-order valence-electron chi connectivity index (χ1n) is 5.21. The Morgan fingerprint density at radius 1 is 1.44 bits per heavy atom. The Kier molecular flexibility index (Phi) is 3.65. The van der Waals surface area contributed by atoms with Gasteiger partial charge in [-0.15, -0.1) is 0 Å². The van der Waals surface area contributed by atoms with Crippen molar-refractivity contribution in [3.63, 3.8) is 0 Å². The largest absolute Gasteiger partial charge is 0.489 e. The maximum absolute atomic E-state index is 5.67. The van der Waals surface area contributed by atoms with Crippen molar-refractivity contribution in [3.05, 3.63) is 47.0 Å². The van der Waals surface area contributed by atoms with Crippen molar-refractivity contribution in [1.29, 1.82) is 0 Å². The van der Waals surface area contributed by atoms with Crippen molar-refractivity contribution in [1.82, 2.24) is 5.32 Å². The van der Waals surface area contributed by atoms with Crippen LogP contribution in [0.1, 0.15) is 5.56 Å². The number of para-hydroxylation sites is 1. The molecule has 0 saturated heterocycles. The average Bonchev–Trinajstić information content (AvgIpc) is 2.28. The summed E-state index contributed by atoms with van der Waals surface area (Å²) in [5, 5.41) is 3.83. The van der Waals surface area contributed by atoms with Gasteiger partial charge in [0.2, 0.25) is 0 Å². The van der Waals surface area contributed by atoms with Crippen LogP contribution in [0.2, 0.25) is 0 Å². The van der Waals surface area contributed by atoms with Gasteiger partial charge in [0.05, 0.1) is 0 Å². The molecule has 0 aliphatic carbocycles. The van der Waals surface area contributed by atoms with Crippen LogP contribution in [-0.2, 0) is 0 Å². The lowest BCUT2D eigenvalue weighted by atomic mass is 10.1. The fraction of sp³-hybridized carbons (Fsp3) is 0.231. The second kappa shape index (κ2) is 5.19. The summed E-state index contributed by atoms with van der Waals surface area (Å²) >= 11 is 5.67. The summed E-state index contributed by atoms with van der Waals surface area (Å²) < 4.78 is 5.63. The lowest BCUT2D eigenvalue weighted by molar-refractivity contribution is 0.343. The van der Waals surface area contributed by atoms with E-state index in [-0.39, 0.29) is 0 Å². The molecule has 1 N–H and O–H groups in total. The van der Waals surface area contributed by atoms with Gasteiger partial charge >= 0.3 is 0 Å². The fourth-order valence-electron chi connectivity index (χ4n) is 1.62. The molecular formula is C13H14ClNO. The normalized spacial score (nSPS) is 13.7. The smallest absolute Gasteiger partial charge is 0.127 e. The van der Waals surface area contributed by atoms with Crippen LogP contribution >= 0.6 is 11.6 Å². The van der Waals surface area contributed by atoms with E-state index in [4.69, 9.17) is 16.3 Å². The van der Waals surface area contributed by atoms with Gasteiger partial charge in [0.25, 0.3) is 0 Å². The summed E-state index contributed by atoms with van der Waals surface area (Å²) in [6, 6.07) is 8.02. The highest BCUT2D eigenvalue weighted by molar-refractivity contribution is 6.29. The molecule has 0 radical (unpaired) electrons. The van der Waals surface area contributed by atoms with E-state index in [0.29, 0.717) is 18.2 Å². The number of fused-ring (bicyclic) bond motifs is 1. The molecule has 1 aliphatic rings. The highest BCUT2D eigenvalue weighted by atomic mass is 35.5. The van der Waals surface area contributed by atoms with Crippen LogP contribution < -0.4 is 10.1 Å². The van der Waals surface area contributed by atoms with Crippen LogP contribution in [0.4, 0.5) is 0 Å². The summed E-state index contributed by atoms with van der Waals surface area (Å²) in [5.74, 6) is 0.952. The van der Waals surface area contributed by atoms with Crippen molar-refractivity contribution in [2.45, 2.75) is 0 Å². The van der Waals surface area contributed by atoms with Gasteiger partial charge in [-0.2, -0.15) is 0 Å². The molecule has 3 heteroatoms. The summed E-state index contributed by atoms with van der Waals surface area (Å²) in [5.41, 5.74) is 2.35. The van der Waals surface area contributed by atoms with Gasteiger partial charge in [0.1, 0.15) is 12.4 Å². The van der Waals surface area contributed by atoms with Crippen LogP contribution in [0.25, 0.3) is 6.08 Å². The molecule has 2 rings (SSSR count). The molecule has 84 valence electrons. The number of benzene rings is 1. The second-order valence-corrected chi connectivity index (χ2v) is 4.28. The maximum atomic E-state index is 5.67. The van der Waals surface area contributed by atoms with Crippen molar-refractivity contribution in [2.24, 2.45) is 0 Å². The minimum absolute atomic E-state index is 0.623. The number of halogens is 1. The van der Waals surface area contributed by atoms with E-state index in [9.17, 15) is 0 Å². The van der Waals surface area contributed by atoms with E-state index >= 15 is 0 Å². The molecule has 0 atom stereocenters. The molecule has 0 fully saturated rings. The highest BCUT2D eigenvalue weighted by Gasteiger charge is 2.09. The molecule has 1 aromatic rings. The SMILES string of the molecule is C=C(Cl)CNCC1=Cc2ccccc2OC1. The van der Waals surface area contributed by atoms with Crippen LogP contribution in [0.15, 0.2) is 41.4 Å². The standard InChI is InChI=1S/C13H14ClNO/c1-10(14)7-15-8-11-6-12-4-2-3-5-13(12)16-9-11/h2-6,15H,1,7-9H2.